The van der Waals surface area contributed by atoms with Gasteiger partial charge in [0.15, 0.2) is 0 Å². The Balaban J connectivity index is 1.52. The molecule has 2 amide bonds. The Bertz CT molecular complexity index is 749. The van der Waals surface area contributed by atoms with Gasteiger partial charge in [0.1, 0.15) is 11.8 Å². The zero-order chi connectivity index (χ0) is 18.4. The fourth-order valence-electron chi connectivity index (χ4n) is 3.01. The van der Waals surface area contributed by atoms with Crippen LogP contribution in [0.2, 0.25) is 5.02 Å². The minimum absolute atomic E-state index is 0.0605. The average Bonchev–Trinajstić information content (AvgIpc) is 3.14. The van der Waals surface area contributed by atoms with Gasteiger partial charge in [-0.1, -0.05) is 29.8 Å². The van der Waals surface area contributed by atoms with Gasteiger partial charge < -0.3 is 15.0 Å². The Hall–Kier alpha value is -2.53. The number of hydrogen-bond donors (Lipinski definition) is 1. The molecule has 136 valence electrons. The van der Waals surface area contributed by atoms with Gasteiger partial charge in [0.05, 0.1) is 13.0 Å². The number of likely N-dealkylation sites (tertiary alicyclic amines) is 1. The molecule has 1 aliphatic rings. The van der Waals surface area contributed by atoms with Crippen molar-refractivity contribution in [3.63, 3.8) is 0 Å². The van der Waals surface area contributed by atoms with Crippen molar-refractivity contribution in [2.75, 3.05) is 18.5 Å². The van der Waals surface area contributed by atoms with E-state index in [0.29, 0.717) is 30.3 Å². The molecule has 2 aromatic carbocycles. The first-order valence-electron chi connectivity index (χ1n) is 8.67. The topological polar surface area (TPSA) is 58.6 Å². The SMILES string of the molecule is O=C(Nc1ccc(Cl)cc1)[C@H]1CCCN1C(=O)CCOc1ccccc1. The second kappa shape index (κ2) is 8.72. The maximum Gasteiger partial charge on any atom is 0.247 e. The van der Waals surface area contributed by atoms with Crippen molar-refractivity contribution >= 4 is 29.1 Å². The number of carbonyl (C=O) groups excluding carboxylic acids is 2. The van der Waals surface area contributed by atoms with Gasteiger partial charge in [-0.3, -0.25) is 9.59 Å². The summed E-state index contributed by atoms with van der Waals surface area (Å²) in [5.74, 6) is 0.510. The van der Waals surface area contributed by atoms with Gasteiger partial charge >= 0.3 is 0 Å². The van der Waals surface area contributed by atoms with Crippen LogP contribution in [0, 0.1) is 0 Å². The van der Waals surface area contributed by atoms with Crippen molar-refractivity contribution in [1.29, 1.82) is 0 Å². The number of ether oxygens (including phenoxy) is 1. The van der Waals surface area contributed by atoms with Crippen LogP contribution in [0.3, 0.4) is 0 Å². The Morgan fingerprint density at radius 2 is 1.85 bits per heavy atom. The number of nitrogens with one attached hydrogen (secondary N) is 1. The van der Waals surface area contributed by atoms with Crippen LogP contribution in [-0.2, 0) is 9.59 Å². The first kappa shape index (κ1) is 18.3. The van der Waals surface area contributed by atoms with Gasteiger partial charge in [0.25, 0.3) is 0 Å². The fourth-order valence-corrected chi connectivity index (χ4v) is 3.14. The van der Waals surface area contributed by atoms with E-state index in [4.69, 9.17) is 16.3 Å². The number of anilines is 1. The van der Waals surface area contributed by atoms with Crippen LogP contribution in [-0.4, -0.2) is 35.9 Å². The highest BCUT2D eigenvalue weighted by atomic mass is 35.5. The molecule has 1 N–H and O–H groups in total. The first-order valence-corrected chi connectivity index (χ1v) is 9.05. The Kier molecular flexibility index (Phi) is 6.12. The molecule has 0 radical (unpaired) electrons. The summed E-state index contributed by atoms with van der Waals surface area (Å²) in [6.45, 7) is 0.897. The van der Waals surface area contributed by atoms with Gasteiger partial charge in [-0.15, -0.1) is 0 Å². The predicted molar refractivity (Wildman–Crippen MR) is 101 cm³/mol. The summed E-state index contributed by atoms with van der Waals surface area (Å²) in [6, 6.07) is 15.9. The third-order valence-electron chi connectivity index (χ3n) is 4.32. The summed E-state index contributed by atoms with van der Waals surface area (Å²) >= 11 is 5.86. The van der Waals surface area contributed by atoms with E-state index in [9.17, 15) is 9.59 Å². The highest BCUT2D eigenvalue weighted by Crippen LogP contribution is 2.21. The van der Waals surface area contributed by atoms with Crippen LogP contribution < -0.4 is 10.1 Å². The molecule has 26 heavy (non-hydrogen) atoms. The fraction of sp³-hybridized carbons (Fsp3) is 0.300. The van der Waals surface area contributed by atoms with E-state index < -0.39 is 6.04 Å². The van der Waals surface area contributed by atoms with Crippen molar-refractivity contribution < 1.29 is 14.3 Å². The van der Waals surface area contributed by atoms with Crippen molar-refractivity contribution in [3.05, 3.63) is 59.6 Å². The van der Waals surface area contributed by atoms with Crippen molar-refractivity contribution in [1.82, 2.24) is 4.90 Å². The molecule has 1 fully saturated rings. The minimum Gasteiger partial charge on any atom is -0.493 e. The lowest BCUT2D eigenvalue weighted by atomic mass is 10.2. The zero-order valence-electron chi connectivity index (χ0n) is 14.4. The summed E-state index contributed by atoms with van der Waals surface area (Å²) in [5.41, 5.74) is 0.672. The van der Waals surface area contributed by atoms with Crippen molar-refractivity contribution in [3.8, 4) is 5.75 Å². The van der Waals surface area contributed by atoms with Crippen LogP contribution >= 0.6 is 11.6 Å². The third-order valence-corrected chi connectivity index (χ3v) is 4.57. The number of para-hydroxylation sites is 1. The lowest BCUT2D eigenvalue weighted by Crippen LogP contribution is -2.43. The predicted octanol–water partition coefficient (Wildman–Crippen LogP) is 3.74. The smallest absolute Gasteiger partial charge is 0.247 e. The quantitative estimate of drug-likeness (QED) is 0.840. The monoisotopic (exact) mass is 372 g/mol. The van der Waals surface area contributed by atoms with E-state index in [-0.39, 0.29) is 18.2 Å². The van der Waals surface area contributed by atoms with E-state index in [1.165, 1.54) is 0 Å². The van der Waals surface area contributed by atoms with Crippen molar-refractivity contribution in [2.45, 2.75) is 25.3 Å². The molecule has 3 rings (SSSR count). The van der Waals surface area contributed by atoms with Gasteiger partial charge in [0.2, 0.25) is 11.8 Å². The van der Waals surface area contributed by atoms with Crippen LogP contribution in [0.1, 0.15) is 19.3 Å². The summed E-state index contributed by atoms with van der Waals surface area (Å²) in [6.07, 6.45) is 1.74. The third kappa shape index (κ3) is 4.76. The molecule has 2 aromatic rings. The zero-order valence-corrected chi connectivity index (χ0v) is 15.1. The van der Waals surface area contributed by atoms with Gasteiger partial charge in [0, 0.05) is 17.3 Å². The number of amides is 2. The normalized spacial score (nSPS) is 16.3. The highest BCUT2D eigenvalue weighted by Gasteiger charge is 2.33. The van der Waals surface area contributed by atoms with E-state index in [2.05, 4.69) is 5.32 Å². The summed E-state index contributed by atoms with van der Waals surface area (Å²) < 4.78 is 5.58. The molecule has 0 unspecified atom stereocenters. The summed E-state index contributed by atoms with van der Waals surface area (Å²) in [4.78, 5) is 26.7. The molecule has 1 saturated heterocycles. The van der Waals surface area contributed by atoms with Crippen LogP contribution in [0.25, 0.3) is 0 Å². The number of halogens is 1. The van der Waals surface area contributed by atoms with Gasteiger partial charge in [-0.05, 0) is 49.2 Å². The maximum absolute atomic E-state index is 12.5. The van der Waals surface area contributed by atoms with E-state index in [1.807, 2.05) is 30.3 Å². The van der Waals surface area contributed by atoms with Gasteiger partial charge in [-0.2, -0.15) is 0 Å². The van der Waals surface area contributed by atoms with Crippen LogP contribution in [0.15, 0.2) is 54.6 Å². The Morgan fingerprint density at radius 3 is 2.58 bits per heavy atom. The molecule has 1 heterocycles. The first-order chi connectivity index (χ1) is 12.6. The van der Waals surface area contributed by atoms with E-state index >= 15 is 0 Å². The Labute approximate surface area is 157 Å². The number of nitrogens with zero attached hydrogens (tertiary/aromatic N) is 1. The highest BCUT2D eigenvalue weighted by molar-refractivity contribution is 6.30. The molecule has 0 bridgehead atoms. The molecule has 1 aliphatic heterocycles. The van der Waals surface area contributed by atoms with Crippen molar-refractivity contribution in [2.24, 2.45) is 0 Å². The molecular formula is C20H21ClN2O3. The molecule has 0 aromatic heterocycles. The second-order valence-corrected chi connectivity index (χ2v) is 6.59. The summed E-state index contributed by atoms with van der Waals surface area (Å²) in [5, 5.41) is 3.47. The standard InChI is InChI=1S/C20H21ClN2O3/c21-15-8-10-16(11-9-15)22-20(25)18-7-4-13-23(18)19(24)12-14-26-17-5-2-1-3-6-17/h1-3,5-6,8-11,18H,4,7,12-14H2,(H,22,25)/t18-/m1/s1. The molecule has 0 saturated carbocycles. The van der Waals surface area contributed by atoms with Crippen LogP contribution in [0.5, 0.6) is 5.75 Å². The number of carbonyl (C=O) groups is 2. The second-order valence-electron chi connectivity index (χ2n) is 6.15. The number of benzene rings is 2. The number of hydrogen-bond acceptors (Lipinski definition) is 3. The summed E-state index contributed by atoms with van der Waals surface area (Å²) in [7, 11) is 0. The molecular weight excluding hydrogens is 352 g/mol. The van der Waals surface area contributed by atoms with E-state index in [0.717, 1.165) is 12.2 Å². The molecule has 5 nitrogen and oxygen atoms in total. The molecule has 6 heteroatoms. The molecule has 1 atom stereocenters. The van der Waals surface area contributed by atoms with Gasteiger partial charge in [-0.25, -0.2) is 0 Å². The minimum atomic E-state index is -0.435. The Morgan fingerprint density at radius 1 is 1.12 bits per heavy atom. The van der Waals surface area contributed by atoms with Crippen LogP contribution in [0.4, 0.5) is 5.69 Å². The number of rotatable bonds is 6. The van der Waals surface area contributed by atoms with E-state index in [1.54, 1.807) is 29.2 Å². The molecule has 0 aliphatic carbocycles. The maximum atomic E-state index is 12.5. The average molecular weight is 373 g/mol. The molecule has 0 spiro atoms. The lowest BCUT2D eigenvalue weighted by Gasteiger charge is -2.24. The largest absolute Gasteiger partial charge is 0.493 e. The lowest BCUT2D eigenvalue weighted by molar-refractivity contribution is -0.137.